The summed E-state index contributed by atoms with van der Waals surface area (Å²) in [5, 5.41) is 14.1. The number of para-hydroxylation sites is 1. The summed E-state index contributed by atoms with van der Waals surface area (Å²) in [6, 6.07) is 10.4. The van der Waals surface area contributed by atoms with E-state index in [0.717, 1.165) is 21.5 Å². The van der Waals surface area contributed by atoms with Crippen molar-refractivity contribution in [1.29, 1.82) is 0 Å². The van der Waals surface area contributed by atoms with E-state index < -0.39 is 12.1 Å². The van der Waals surface area contributed by atoms with Crippen molar-refractivity contribution in [3.8, 4) is 0 Å². The van der Waals surface area contributed by atoms with Crippen LogP contribution in [0.4, 0.5) is 5.69 Å². The van der Waals surface area contributed by atoms with Gasteiger partial charge in [-0.3, -0.25) is 9.59 Å². The van der Waals surface area contributed by atoms with Crippen molar-refractivity contribution >= 4 is 50.7 Å². The summed E-state index contributed by atoms with van der Waals surface area (Å²) >= 11 is 7.35. The van der Waals surface area contributed by atoms with Crippen molar-refractivity contribution in [2.45, 2.75) is 18.6 Å². The van der Waals surface area contributed by atoms with Gasteiger partial charge in [0.15, 0.2) is 0 Å². The number of aromatic amines is 1. The lowest BCUT2D eigenvalue weighted by Gasteiger charge is -2.36. The zero-order valence-electron chi connectivity index (χ0n) is 16.7. The lowest BCUT2D eigenvalue weighted by Crippen LogP contribution is -2.55. The molecule has 158 valence electrons. The van der Waals surface area contributed by atoms with Crippen molar-refractivity contribution in [2.24, 2.45) is 0 Å². The molecule has 3 aromatic rings. The zero-order valence-corrected chi connectivity index (χ0v) is 18.3. The molecule has 2 aromatic heterocycles. The number of rotatable bonds is 6. The SMILES string of the molecule is CN(C)CC(O)CN1C(=O)C(NC(=O)c2cc3cc(Cl)sc3[nH]2)Cc2ccccc21. The number of hydrogen-bond donors (Lipinski definition) is 3. The number of β-amino-alcohol motifs (C(OH)–C–C–N with tert-alkyl or cyclic N) is 1. The lowest BCUT2D eigenvalue weighted by molar-refractivity contribution is -0.121. The molecule has 2 unspecified atom stereocenters. The van der Waals surface area contributed by atoms with E-state index in [0.29, 0.717) is 23.0 Å². The van der Waals surface area contributed by atoms with Gasteiger partial charge in [0.25, 0.3) is 5.91 Å². The highest BCUT2D eigenvalue weighted by Gasteiger charge is 2.35. The molecular weight excluding hydrogens is 424 g/mol. The van der Waals surface area contributed by atoms with Gasteiger partial charge < -0.3 is 25.2 Å². The molecule has 0 bridgehead atoms. The Hall–Kier alpha value is -2.39. The predicted octanol–water partition coefficient (Wildman–Crippen LogP) is 2.49. The van der Waals surface area contributed by atoms with Gasteiger partial charge in [-0.05, 0) is 37.9 Å². The average Bonchev–Trinajstić information content (AvgIpc) is 3.22. The number of halogens is 1. The molecule has 4 rings (SSSR count). The van der Waals surface area contributed by atoms with Gasteiger partial charge >= 0.3 is 0 Å². The molecule has 30 heavy (non-hydrogen) atoms. The molecule has 2 atom stereocenters. The highest BCUT2D eigenvalue weighted by Crippen LogP contribution is 2.30. The minimum absolute atomic E-state index is 0.164. The number of nitrogens with one attached hydrogen (secondary N) is 2. The first-order chi connectivity index (χ1) is 14.3. The third kappa shape index (κ3) is 4.22. The van der Waals surface area contributed by atoms with Crippen LogP contribution in [0.5, 0.6) is 0 Å². The smallest absolute Gasteiger partial charge is 0.268 e. The number of anilines is 1. The van der Waals surface area contributed by atoms with Gasteiger partial charge in [-0.2, -0.15) is 0 Å². The fourth-order valence-corrected chi connectivity index (χ4v) is 4.93. The Balaban J connectivity index is 1.55. The molecule has 2 amide bonds. The number of amides is 2. The van der Waals surface area contributed by atoms with Crippen LogP contribution in [0.3, 0.4) is 0 Å². The van der Waals surface area contributed by atoms with Crippen LogP contribution < -0.4 is 10.2 Å². The van der Waals surface area contributed by atoms with E-state index in [4.69, 9.17) is 11.6 Å². The molecule has 0 saturated carbocycles. The largest absolute Gasteiger partial charge is 0.390 e. The summed E-state index contributed by atoms with van der Waals surface area (Å²) in [5.41, 5.74) is 2.12. The van der Waals surface area contributed by atoms with E-state index in [1.807, 2.05) is 43.3 Å². The molecule has 0 saturated heterocycles. The summed E-state index contributed by atoms with van der Waals surface area (Å²) < 4.78 is 0.647. The van der Waals surface area contributed by atoms with Gasteiger partial charge in [0.1, 0.15) is 16.6 Å². The summed E-state index contributed by atoms with van der Waals surface area (Å²) in [5.74, 6) is -0.572. The third-order valence-electron chi connectivity index (χ3n) is 5.07. The van der Waals surface area contributed by atoms with Crippen molar-refractivity contribution < 1.29 is 14.7 Å². The number of benzene rings is 1. The van der Waals surface area contributed by atoms with Gasteiger partial charge in [0, 0.05) is 24.0 Å². The Bertz CT molecular complexity index is 1060. The Kier molecular flexibility index (Phi) is 5.84. The molecule has 9 heteroatoms. The van der Waals surface area contributed by atoms with Gasteiger partial charge in [-0.15, -0.1) is 11.3 Å². The molecule has 0 spiro atoms. The number of hydrogen-bond acceptors (Lipinski definition) is 5. The Morgan fingerprint density at radius 3 is 2.90 bits per heavy atom. The number of carbonyl (C=O) groups excluding carboxylic acids is 2. The van der Waals surface area contributed by atoms with Crippen molar-refractivity contribution in [1.82, 2.24) is 15.2 Å². The molecule has 0 aliphatic carbocycles. The van der Waals surface area contributed by atoms with Gasteiger partial charge in [-0.1, -0.05) is 29.8 Å². The monoisotopic (exact) mass is 446 g/mol. The molecule has 1 aromatic carbocycles. The number of aliphatic hydroxyl groups is 1. The second-order valence-electron chi connectivity index (χ2n) is 7.74. The molecule has 7 nitrogen and oxygen atoms in total. The molecular formula is C21H23ClN4O3S. The summed E-state index contributed by atoms with van der Waals surface area (Å²) in [7, 11) is 3.74. The number of aliphatic hydroxyl groups excluding tert-OH is 1. The van der Waals surface area contributed by atoms with E-state index in [1.165, 1.54) is 11.3 Å². The van der Waals surface area contributed by atoms with E-state index >= 15 is 0 Å². The van der Waals surface area contributed by atoms with Crippen LogP contribution in [0.2, 0.25) is 4.34 Å². The number of nitrogens with zero attached hydrogens (tertiary/aromatic N) is 2. The molecule has 1 aliphatic heterocycles. The topological polar surface area (TPSA) is 88.7 Å². The highest BCUT2D eigenvalue weighted by molar-refractivity contribution is 7.22. The number of likely N-dealkylation sites (N-methyl/N-ethyl adjacent to an activating group) is 1. The number of carbonyl (C=O) groups is 2. The Labute approximate surface area is 183 Å². The number of fused-ring (bicyclic) bond motifs is 2. The average molecular weight is 447 g/mol. The standard InChI is InChI=1S/C21H23ClN4O3S/c1-25(2)10-14(27)11-26-17-6-4-3-5-12(17)7-16(21(26)29)23-19(28)15-8-13-9-18(22)30-20(13)24-15/h3-6,8-9,14,16,24,27H,7,10-11H2,1-2H3,(H,23,28). The van der Waals surface area contributed by atoms with Gasteiger partial charge in [-0.25, -0.2) is 0 Å². The Morgan fingerprint density at radius 2 is 2.17 bits per heavy atom. The first-order valence-corrected chi connectivity index (χ1v) is 10.8. The minimum atomic E-state index is -0.705. The van der Waals surface area contributed by atoms with Crippen molar-refractivity contribution in [3.63, 3.8) is 0 Å². The minimum Gasteiger partial charge on any atom is -0.390 e. The molecule has 0 radical (unpaired) electrons. The summed E-state index contributed by atoms with van der Waals surface area (Å²) in [6.45, 7) is 0.599. The van der Waals surface area contributed by atoms with Crippen LogP contribution in [0.15, 0.2) is 36.4 Å². The van der Waals surface area contributed by atoms with Gasteiger partial charge in [0.2, 0.25) is 5.91 Å². The number of aromatic nitrogens is 1. The van der Waals surface area contributed by atoms with Crippen LogP contribution >= 0.6 is 22.9 Å². The van der Waals surface area contributed by atoms with Crippen LogP contribution in [0, 0.1) is 0 Å². The number of thiophene rings is 1. The second kappa shape index (κ2) is 8.39. The maximum absolute atomic E-state index is 13.2. The van der Waals surface area contributed by atoms with E-state index in [-0.39, 0.29) is 18.4 Å². The fraction of sp³-hybridized carbons (Fsp3) is 0.333. The van der Waals surface area contributed by atoms with Gasteiger partial charge in [0.05, 0.1) is 17.0 Å². The first kappa shape index (κ1) is 20.9. The van der Waals surface area contributed by atoms with Crippen LogP contribution in [0.1, 0.15) is 16.1 Å². The maximum Gasteiger partial charge on any atom is 0.268 e. The third-order valence-corrected chi connectivity index (χ3v) is 6.26. The van der Waals surface area contributed by atoms with Crippen LogP contribution in [-0.4, -0.2) is 66.1 Å². The van der Waals surface area contributed by atoms with Crippen LogP contribution in [-0.2, 0) is 11.2 Å². The van der Waals surface area contributed by atoms with Crippen LogP contribution in [0.25, 0.3) is 10.2 Å². The van der Waals surface area contributed by atoms with E-state index in [2.05, 4.69) is 10.3 Å². The maximum atomic E-state index is 13.2. The highest BCUT2D eigenvalue weighted by atomic mass is 35.5. The molecule has 0 fully saturated rings. The zero-order chi connectivity index (χ0) is 21.4. The molecule has 1 aliphatic rings. The quantitative estimate of drug-likeness (QED) is 0.542. The molecule has 3 heterocycles. The lowest BCUT2D eigenvalue weighted by atomic mass is 9.96. The fourth-order valence-electron chi connectivity index (χ4n) is 3.80. The summed E-state index contributed by atoms with van der Waals surface area (Å²) in [6.07, 6.45) is -0.298. The van der Waals surface area contributed by atoms with E-state index in [1.54, 1.807) is 17.0 Å². The predicted molar refractivity (Wildman–Crippen MR) is 119 cm³/mol. The first-order valence-electron chi connectivity index (χ1n) is 9.63. The normalized spacial score (nSPS) is 17.4. The summed E-state index contributed by atoms with van der Waals surface area (Å²) in [4.78, 5) is 33.3. The van der Waals surface area contributed by atoms with Crippen molar-refractivity contribution in [2.75, 3.05) is 32.1 Å². The molecule has 3 N–H and O–H groups in total. The second-order valence-corrected chi connectivity index (χ2v) is 9.43. The Morgan fingerprint density at radius 1 is 1.40 bits per heavy atom. The van der Waals surface area contributed by atoms with Crippen molar-refractivity contribution in [3.05, 3.63) is 52.0 Å². The van der Waals surface area contributed by atoms with E-state index in [9.17, 15) is 14.7 Å². The number of H-pyrrole nitrogens is 1.